The maximum atomic E-state index is 4.47. The second kappa shape index (κ2) is 5.53. The number of rotatable bonds is 3. The molecule has 0 unspecified atom stereocenters. The van der Waals surface area contributed by atoms with Crippen LogP contribution in [0.1, 0.15) is 49.6 Å². The Morgan fingerprint density at radius 1 is 1.33 bits per heavy atom. The lowest BCUT2D eigenvalue weighted by Gasteiger charge is -2.11. The first-order chi connectivity index (χ1) is 8.81. The van der Waals surface area contributed by atoms with E-state index in [-0.39, 0.29) is 0 Å². The molecular weight excluding hydrogens is 222 g/mol. The van der Waals surface area contributed by atoms with Crippen LogP contribution < -0.4 is 5.32 Å². The molecule has 1 aliphatic carbocycles. The monoisotopic (exact) mass is 245 g/mol. The zero-order valence-corrected chi connectivity index (χ0v) is 11.8. The molecule has 3 heteroatoms. The van der Waals surface area contributed by atoms with Gasteiger partial charge < -0.3 is 5.32 Å². The first-order valence-corrected chi connectivity index (χ1v) is 6.91. The van der Waals surface area contributed by atoms with Crippen LogP contribution >= 0.6 is 0 Å². The van der Waals surface area contributed by atoms with Crippen molar-refractivity contribution in [3.63, 3.8) is 0 Å². The van der Waals surface area contributed by atoms with Gasteiger partial charge in [0.25, 0.3) is 0 Å². The Labute approximate surface area is 109 Å². The van der Waals surface area contributed by atoms with Gasteiger partial charge in [0.1, 0.15) is 5.65 Å². The van der Waals surface area contributed by atoms with Crippen molar-refractivity contribution >= 4 is 5.65 Å². The summed E-state index contributed by atoms with van der Waals surface area (Å²) in [6.45, 7) is 7.08. The molecule has 2 heterocycles. The number of aromatic nitrogens is 2. The third-order valence-electron chi connectivity index (χ3n) is 3.31. The van der Waals surface area contributed by atoms with Crippen molar-refractivity contribution in [3.8, 4) is 0 Å². The molecule has 0 amide bonds. The molecule has 0 aliphatic heterocycles. The van der Waals surface area contributed by atoms with Crippen LogP contribution in [0.3, 0.4) is 0 Å². The standard InChI is InChI=1S/C13H17N3.C2H6/c1-9-3-6-12-15-8-11(7-14-2)16(12)13(9)10-4-5-10;1-2/h3,6,8,10,14H,4-5,7H2,1-2H3;1-2H3. The van der Waals surface area contributed by atoms with E-state index in [1.807, 2.05) is 27.1 Å². The van der Waals surface area contributed by atoms with E-state index in [1.54, 1.807) is 0 Å². The Kier molecular flexibility index (Phi) is 4.02. The lowest BCUT2D eigenvalue weighted by atomic mass is 10.1. The molecule has 0 saturated heterocycles. The molecule has 3 nitrogen and oxygen atoms in total. The zero-order chi connectivity index (χ0) is 13.1. The first-order valence-electron chi connectivity index (χ1n) is 6.91. The highest BCUT2D eigenvalue weighted by Crippen LogP contribution is 2.41. The van der Waals surface area contributed by atoms with E-state index in [0.29, 0.717) is 0 Å². The largest absolute Gasteiger partial charge is 0.314 e. The molecule has 1 saturated carbocycles. The summed E-state index contributed by atoms with van der Waals surface area (Å²) in [5.41, 5.74) is 5.21. The fraction of sp³-hybridized carbons (Fsp3) is 0.533. The summed E-state index contributed by atoms with van der Waals surface area (Å²) < 4.78 is 2.34. The average Bonchev–Trinajstić information content (AvgIpc) is 3.15. The highest BCUT2D eigenvalue weighted by Gasteiger charge is 2.28. The summed E-state index contributed by atoms with van der Waals surface area (Å²) in [7, 11) is 1.98. The molecule has 0 bridgehead atoms. The molecule has 0 aromatic carbocycles. The lowest BCUT2D eigenvalue weighted by molar-refractivity contribution is 0.766. The van der Waals surface area contributed by atoms with E-state index in [0.717, 1.165) is 18.1 Å². The first kappa shape index (κ1) is 13.1. The quantitative estimate of drug-likeness (QED) is 0.899. The fourth-order valence-corrected chi connectivity index (χ4v) is 2.43. The SMILES string of the molecule is CC.CNCc1cnc2ccc(C)c(C3CC3)n12. The summed E-state index contributed by atoms with van der Waals surface area (Å²) >= 11 is 0. The Bertz CT molecular complexity index is 524. The molecule has 1 N–H and O–H groups in total. The number of hydrogen-bond acceptors (Lipinski definition) is 2. The molecule has 0 spiro atoms. The maximum absolute atomic E-state index is 4.47. The minimum absolute atomic E-state index is 0.758. The molecule has 18 heavy (non-hydrogen) atoms. The predicted molar refractivity (Wildman–Crippen MR) is 76.0 cm³/mol. The lowest BCUT2D eigenvalue weighted by Crippen LogP contribution is -2.10. The van der Waals surface area contributed by atoms with E-state index in [2.05, 4.69) is 33.8 Å². The Hall–Kier alpha value is -1.35. The Morgan fingerprint density at radius 2 is 2.06 bits per heavy atom. The van der Waals surface area contributed by atoms with Crippen LogP contribution in [-0.2, 0) is 6.54 Å². The molecule has 98 valence electrons. The van der Waals surface area contributed by atoms with Crippen molar-refractivity contribution < 1.29 is 0 Å². The van der Waals surface area contributed by atoms with Gasteiger partial charge in [0.05, 0.1) is 11.9 Å². The van der Waals surface area contributed by atoms with Crippen LogP contribution in [0, 0.1) is 6.92 Å². The van der Waals surface area contributed by atoms with Crippen molar-refractivity contribution in [1.29, 1.82) is 0 Å². The highest BCUT2D eigenvalue weighted by molar-refractivity contribution is 5.46. The fourth-order valence-electron chi connectivity index (χ4n) is 2.43. The third kappa shape index (κ3) is 2.27. The number of hydrogen-bond donors (Lipinski definition) is 1. The molecular formula is C15H23N3. The third-order valence-corrected chi connectivity index (χ3v) is 3.31. The van der Waals surface area contributed by atoms with Gasteiger partial charge in [0, 0.05) is 12.2 Å². The van der Waals surface area contributed by atoms with Gasteiger partial charge in [-0.15, -0.1) is 0 Å². The summed E-state index contributed by atoms with van der Waals surface area (Å²) in [6.07, 6.45) is 4.64. The van der Waals surface area contributed by atoms with Gasteiger partial charge in [-0.25, -0.2) is 4.98 Å². The number of pyridine rings is 1. The van der Waals surface area contributed by atoms with Crippen molar-refractivity contribution in [2.45, 2.75) is 46.1 Å². The van der Waals surface area contributed by atoms with Gasteiger partial charge in [-0.2, -0.15) is 0 Å². The van der Waals surface area contributed by atoms with E-state index >= 15 is 0 Å². The molecule has 1 fully saturated rings. The van der Waals surface area contributed by atoms with Crippen LogP contribution in [0.15, 0.2) is 18.3 Å². The van der Waals surface area contributed by atoms with Crippen molar-refractivity contribution in [3.05, 3.63) is 35.3 Å². The van der Waals surface area contributed by atoms with E-state index in [9.17, 15) is 0 Å². The predicted octanol–water partition coefficient (Wildman–Crippen LogP) is 3.27. The maximum Gasteiger partial charge on any atom is 0.137 e. The van der Waals surface area contributed by atoms with Gasteiger partial charge in [-0.1, -0.05) is 19.9 Å². The molecule has 1 aliphatic rings. The normalized spacial score (nSPS) is 14.4. The number of imidazole rings is 1. The summed E-state index contributed by atoms with van der Waals surface area (Å²) in [6, 6.07) is 4.31. The highest BCUT2D eigenvalue weighted by atomic mass is 15.0. The van der Waals surface area contributed by atoms with Gasteiger partial charge in [-0.3, -0.25) is 4.40 Å². The molecule has 2 aromatic rings. The number of aryl methyl sites for hydroxylation is 1. The van der Waals surface area contributed by atoms with Crippen molar-refractivity contribution in [2.75, 3.05) is 7.05 Å². The molecule has 2 aromatic heterocycles. The van der Waals surface area contributed by atoms with Crippen LogP contribution in [0.5, 0.6) is 0 Å². The van der Waals surface area contributed by atoms with E-state index < -0.39 is 0 Å². The van der Waals surface area contributed by atoms with Gasteiger partial charge in [0.2, 0.25) is 0 Å². The molecule has 3 rings (SSSR count). The van der Waals surface area contributed by atoms with E-state index in [1.165, 1.54) is 29.8 Å². The van der Waals surface area contributed by atoms with Crippen molar-refractivity contribution in [2.24, 2.45) is 0 Å². The minimum Gasteiger partial charge on any atom is -0.314 e. The smallest absolute Gasteiger partial charge is 0.137 e. The Balaban J connectivity index is 0.000000574. The Morgan fingerprint density at radius 3 is 2.67 bits per heavy atom. The number of nitrogens with one attached hydrogen (secondary N) is 1. The summed E-state index contributed by atoms with van der Waals surface area (Å²) in [4.78, 5) is 4.47. The van der Waals surface area contributed by atoms with Gasteiger partial charge in [-0.05, 0) is 44.4 Å². The molecule has 0 radical (unpaired) electrons. The van der Waals surface area contributed by atoms with Gasteiger partial charge >= 0.3 is 0 Å². The van der Waals surface area contributed by atoms with Crippen molar-refractivity contribution in [1.82, 2.24) is 14.7 Å². The van der Waals surface area contributed by atoms with Crippen LogP contribution in [0.4, 0.5) is 0 Å². The number of fused-ring (bicyclic) bond motifs is 1. The van der Waals surface area contributed by atoms with E-state index in [4.69, 9.17) is 0 Å². The zero-order valence-electron chi connectivity index (χ0n) is 11.8. The molecule has 0 atom stereocenters. The summed E-state index contributed by atoms with van der Waals surface area (Å²) in [5.74, 6) is 0.758. The average molecular weight is 245 g/mol. The van der Waals surface area contributed by atoms with Crippen LogP contribution in [0.2, 0.25) is 0 Å². The van der Waals surface area contributed by atoms with Crippen LogP contribution in [-0.4, -0.2) is 16.4 Å². The second-order valence-electron chi connectivity index (χ2n) is 4.65. The number of nitrogens with zero attached hydrogens (tertiary/aromatic N) is 2. The topological polar surface area (TPSA) is 29.3 Å². The van der Waals surface area contributed by atoms with Crippen LogP contribution in [0.25, 0.3) is 5.65 Å². The van der Waals surface area contributed by atoms with Gasteiger partial charge in [0.15, 0.2) is 0 Å². The summed E-state index contributed by atoms with van der Waals surface area (Å²) in [5, 5.41) is 3.21. The minimum atomic E-state index is 0.758. The second-order valence-corrected chi connectivity index (χ2v) is 4.65.